The Morgan fingerprint density at radius 3 is 2.41 bits per heavy atom. The predicted octanol–water partition coefficient (Wildman–Crippen LogP) is 5.17. The zero-order valence-electron chi connectivity index (χ0n) is 22.2. The molecule has 1 N–H and O–H groups in total. The summed E-state index contributed by atoms with van der Waals surface area (Å²) in [7, 11) is 0. The SMILES string of the molecule is CCCN(c1cc(-c2ccc3c(c2)N(C(C)=O)CC32CCOCC2)cc(C(=O)O)c1C)C1CCOCC1. The first-order valence-electron chi connectivity index (χ1n) is 13.6. The molecule has 2 fully saturated rings. The van der Waals surface area contributed by atoms with Gasteiger partial charge in [0.1, 0.15) is 0 Å². The van der Waals surface area contributed by atoms with E-state index in [1.807, 2.05) is 11.8 Å². The maximum atomic E-state index is 12.7. The summed E-state index contributed by atoms with van der Waals surface area (Å²) in [5, 5.41) is 10.1. The largest absolute Gasteiger partial charge is 0.478 e. The lowest BCUT2D eigenvalue weighted by Crippen LogP contribution is -2.40. The van der Waals surface area contributed by atoms with E-state index in [4.69, 9.17) is 9.47 Å². The molecule has 0 unspecified atom stereocenters. The minimum Gasteiger partial charge on any atom is -0.478 e. The maximum absolute atomic E-state index is 12.7. The Hall–Kier alpha value is -2.90. The fourth-order valence-electron chi connectivity index (χ4n) is 6.45. The van der Waals surface area contributed by atoms with Gasteiger partial charge in [0.2, 0.25) is 5.91 Å². The molecule has 37 heavy (non-hydrogen) atoms. The molecule has 1 spiro atoms. The number of nitrogens with zero attached hydrogens (tertiary/aromatic N) is 2. The second-order valence-electron chi connectivity index (χ2n) is 10.7. The maximum Gasteiger partial charge on any atom is 0.336 e. The lowest BCUT2D eigenvalue weighted by atomic mass is 9.75. The molecule has 3 aliphatic heterocycles. The third-order valence-corrected chi connectivity index (χ3v) is 8.50. The van der Waals surface area contributed by atoms with Gasteiger partial charge in [-0.25, -0.2) is 4.79 Å². The topological polar surface area (TPSA) is 79.3 Å². The number of anilines is 2. The van der Waals surface area contributed by atoms with Crippen LogP contribution < -0.4 is 9.80 Å². The van der Waals surface area contributed by atoms with Gasteiger partial charge in [0.15, 0.2) is 0 Å². The van der Waals surface area contributed by atoms with E-state index in [2.05, 4.69) is 36.1 Å². The van der Waals surface area contributed by atoms with Crippen molar-refractivity contribution in [3.05, 3.63) is 47.0 Å². The molecule has 198 valence electrons. The molecule has 0 aliphatic carbocycles. The summed E-state index contributed by atoms with van der Waals surface area (Å²) in [4.78, 5) is 29.3. The molecule has 0 radical (unpaired) electrons. The van der Waals surface area contributed by atoms with Crippen LogP contribution in [0, 0.1) is 6.92 Å². The van der Waals surface area contributed by atoms with Crippen molar-refractivity contribution in [2.75, 3.05) is 49.3 Å². The van der Waals surface area contributed by atoms with Gasteiger partial charge in [-0.2, -0.15) is 0 Å². The summed E-state index contributed by atoms with van der Waals surface area (Å²) in [5.41, 5.74) is 5.98. The minimum absolute atomic E-state index is 0.0335. The van der Waals surface area contributed by atoms with Gasteiger partial charge in [-0.1, -0.05) is 19.1 Å². The number of amides is 1. The summed E-state index contributed by atoms with van der Waals surface area (Å²) in [5.74, 6) is -0.886. The van der Waals surface area contributed by atoms with Crippen LogP contribution in [0.3, 0.4) is 0 Å². The van der Waals surface area contributed by atoms with E-state index in [0.717, 1.165) is 79.9 Å². The lowest BCUT2D eigenvalue weighted by molar-refractivity contribution is -0.116. The van der Waals surface area contributed by atoms with Crippen molar-refractivity contribution in [3.63, 3.8) is 0 Å². The van der Waals surface area contributed by atoms with Gasteiger partial charge in [0, 0.05) is 69.3 Å². The third-order valence-electron chi connectivity index (χ3n) is 8.50. The number of carbonyl (C=O) groups is 2. The van der Waals surface area contributed by atoms with Crippen LogP contribution in [0.25, 0.3) is 11.1 Å². The first kappa shape index (κ1) is 25.7. The van der Waals surface area contributed by atoms with E-state index < -0.39 is 5.97 Å². The number of rotatable bonds is 6. The summed E-state index contributed by atoms with van der Waals surface area (Å²) in [6.45, 7) is 10.1. The number of carboxylic acid groups (broad SMARTS) is 1. The molecule has 2 aromatic carbocycles. The highest BCUT2D eigenvalue weighted by Gasteiger charge is 2.45. The first-order chi connectivity index (χ1) is 17.8. The predicted molar refractivity (Wildman–Crippen MR) is 145 cm³/mol. The number of fused-ring (bicyclic) bond motifs is 2. The van der Waals surface area contributed by atoms with Crippen molar-refractivity contribution >= 4 is 23.3 Å². The van der Waals surface area contributed by atoms with Crippen molar-refractivity contribution in [2.45, 2.75) is 64.3 Å². The van der Waals surface area contributed by atoms with Crippen molar-refractivity contribution in [1.82, 2.24) is 0 Å². The van der Waals surface area contributed by atoms with Crippen LogP contribution in [0.1, 0.15) is 67.4 Å². The molecule has 0 aromatic heterocycles. The Balaban J connectivity index is 1.61. The fourth-order valence-corrected chi connectivity index (χ4v) is 6.45. The highest BCUT2D eigenvalue weighted by molar-refractivity contribution is 5.97. The van der Waals surface area contributed by atoms with Gasteiger partial charge in [-0.15, -0.1) is 0 Å². The molecular weight excluding hydrogens is 468 g/mol. The highest BCUT2D eigenvalue weighted by Crippen LogP contribution is 2.48. The standard InChI is InChI=1S/C30H38N2O5/c1-4-11-31(24-7-12-36-13-8-24)27-18-23(16-25(20(27)2)29(34)35)22-5-6-26-28(17-22)32(21(3)33)19-30(26)9-14-37-15-10-30/h5-6,16-18,24H,4,7-15,19H2,1-3H3,(H,34,35). The zero-order chi connectivity index (χ0) is 26.2. The second kappa shape index (κ2) is 10.5. The van der Waals surface area contributed by atoms with E-state index in [0.29, 0.717) is 31.4 Å². The van der Waals surface area contributed by atoms with Crippen molar-refractivity contribution in [1.29, 1.82) is 0 Å². The van der Waals surface area contributed by atoms with Gasteiger partial charge in [-0.05, 0) is 79.5 Å². The molecular formula is C30H38N2O5. The quantitative estimate of drug-likeness (QED) is 0.582. The molecule has 7 heteroatoms. The normalized spacial score (nSPS) is 19.2. The molecule has 2 saturated heterocycles. The number of ether oxygens (including phenoxy) is 2. The number of carboxylic acids is 1. The molecule has 0 atom stereocenters. The minimum atomic E-state index is -0.920. The van der Waals surface area contributed by atoms with Gasteiger partial charge in [-0.3, -0.25) is 4.79 Å². The van der Waals surface area contributed by atoms with E-state index >= 15 is 0 Å². The summed E-state index contributed by atoms with van der Waals surface area (Å²) < 4.78 is 11.2. The number of benzene rings is 2. The number of hydrogen-bond acceptors (Lipinski definition) is 5. The van der Waals surface area contributed by atoms with E-state index in [1.54, 1.807) is 13.0 Å². The Bertz CT molecular complexity index is 1180. The molecule has 3 heterocycles. The molecule has 5 rings (SSSR count). The smallest absolute Gasteiger partial charge is 0.336 e. The fraction of sp³-hybridized carbons (Fsp3) is 0.533. The van der Waals surface area contributed by atoms with E-state index in [9.17, 15) is 14.7 Å². The van der Waals surface area contributed by atoms with Crippen molar-refractivity contribution in [2.24, 2.45) is 0 Å². The average Bonchev–Trinajstić information content (AvgIpc) is 3.21. The molecule has 0 bridgehead atoms. The van der Waals surface area contributed by atoms with Crippen molar-refractivity contribution in [3.8, 4) is 11.1 Å². The van der Waals surface area contributed by atoms with Gasteiger partial charge >= 0.3 is 5.97 Å². The van der Waals surface area contributed by atoms with E-state index in [1.165, 1.54) is 5.56 Å². The number of carbonyl (C=O) groups excluding carboxylic acids is 1. The Morgan fingerprint density at radius 2 is 1.76 bits per heavy atom. The molecule has 2 aromatic rings. The summed E-state index contributed by atoms with van der Waals surface area (Å²) >= 11 is 0. The molecule has 1 amide bonds. The number of hydrogen-bond donors (Lipinski definition) is 1. The Kier molecular flexibility index (Phi) is 7.28. The number of aromatic carboxylic acids is 1. The Morgan fingerprint density at radius 1 is 1.05 bits per heavy atom. The van der Waals surface area contributed by atoms with E-state index in [-0.39, 0.29) is 11.3 Å². The third kappa shape index (κ3) is 4.75. The monoisotopic (exact) mass is 506 g/mol. The highest BCUT2D eigenvalue weighted by atomic mass is 16.5. The van der Waals surface area contributed by atoms with Crippen LogP contribution >= 0.6 is 0 Å². The van der Waals surface area contributed by atoms with Gasteiger partial charge < -0.3 is 24.4 Å². The van der Waals surface area contributed by atoms with Crippen LogP contribution in [-0.4, -0.2) is 62.5 Å². The Labute approximate surface area is 219 Å². The lowest BCUT2D eigenvalue weighted by Gasteiger charge is -2.37. The van der Waals surface area contributed by atoms with Crippen LogP contribution in [0.2, 0.25) is 0 Å². The van der Waals surface area contributed by atoms with Crippen molar-refractivity contribution < 1.29 is 24.2 Å². The molecule has 3 aliphatic rings. The summed E-state index contributed by atoms with van der Waals surface area (Å²) in [6, 6.07) is 10.6. The van der Waals surface area contributed by atoms with Gasteiger partial charge in [0.05, 0.1) is 5.56 Å². The zero-order valence-corrected chi connectivity index (χ0v) is 22.2. The van der Waals surface area contributed by atoms with Crippen LogP contribution in [-0.2, 0) is 19.7 Å². The average molecular weight is 507 g/mol. The molecule has 7 nitrogen and oxygen atoms in total. The summed E-state index contributed by atoms with van der Waals surface area (Å²) in [6.07, 6.45) is 4.65. The van der Waals surface area contributed by atoms with Crippen LogP contribution in [0.4, 0.5) is 11.4 Å². The first-order valence-corrected chi connectivity index (χ1v) is 13.6. The van der Waals surface area contributed by atoms with Gasteiger partial charge in [0.25, 0.3) is 0 Å². The van der Waals surface area contributed by atoms with Crippen LogP contribution in [0.5, 0.6) is 0 Å². The molecule has 0 saturated carbocycles. The second-order valence-corrected chi connectivity index (χ2v) is 10.7. The van der Waals surface area contributed by atoms with Crippen LogP contribution in [0.15, 0.2) is 30.3 Å².